The highest BCUT2D eigenvalue weighted by Gasteiger charge is 2.53. The van der Waals surface area contributed by atoms with Crippen molar-refractivity contribution in [3.8, 4) is 5.75 Å². The molecule has 2 aliphatic heterocycles. The van der Waals surface area contributed by atoms with E-state index in [0.29, 0.717) is 12.8 Å². The van der Waals surface area contributed by atoms with Crippen LogP contribution in [-0.2, 0) is 20.7 Å². The van der Waals surface area contributed by atoms with E-state index in [0.717, 1.165) is 24.4 Å². The number of carboxylic acid groups (broad SMARTS) is 1. The van der Waals surface area contributed by atoms with Crippen molar-refractivity contribution < 1.29 is 24.2 Å². The van der Waals surface area contributed by atoms with Crippen molar-refractivity contribution in [3.05, 3.63) is 29.8 Å². The highest BCUT2D eigenvalue weighted by atomic mass is 16.5. The summed E-state index contributed by atoms with van der Waals surface area (Å²) in [4.78, 5) is 28.3. The van der Waals surface area contributed by atoms with E-state index in [1.54, 1.807) is 19.2 Å². The zero-order valence-electron chi connectivity index (χ0n) is 14.6. The van der Waals surface area contributed by atoms with Crippen LogP contribution in [0.25, 0.3) is 0 Å². The molecular formula is C18H24N2O5. The Kier molecular flexibility index (Phi) is 4.96. The first-order valence-electron chi connectivity index (χ1n) is 8.45. The fourth-order valence-electron chi connectivity index (χ4n) is 3.60. The Balaban J connectivity index is 1.81. The monoisotopic (exact) mass is 348 g/mol. The van der Waals surface area contributed by atoms with E-state index < -0.39 is 17.7 Å². The van der Waals surface area contributed by atoms with Gasteiger partial charge in [0.2, 0.25) is 5.91 Å². The van der Waals surface area contributed by atoms with E-state index in [1.807, 2.05) is 19.2 Å². The van der Waals surface area contributed by atoms with Gasteiger partial charge < -0.3 is 19.5 Å². The maximum atomic E-state index is 13.0. The molecular weight excluding hydrogens is 324 g/mol. The molecule has 0 bridgehead atoms. The fraction of sp³-hybridized carbons (Fsp3) is 0.556. The van der Waals surface area contributed by atoms with Gasteiger partial charge >= 0.3 is 5.97 Å². The molecule has 25 heavy (non-hydrogen) atoms. The Morgan fingerprint density at radius 3 is 2.48 bits per heavy atom. The van der Waals surface area contributed by atoms with E-state index in [2.05, 4.69) is 4.90 Å². The minimum Gasteiger partial charge on any atom is -0.497 e. The minimum atomic E-state index is -1.01. The second-order valence-electron chi connectivity index (χ2n) is 6.70. The van der Waals surface area contributed by atoms with Gasteiger partial charge in [0.1, 0.15) is 11.5 Å². The molecule has 0 saturated carbocycles. The normalized spacial score (nSPS) is 23.0. The number of ether oxygens (including phenoxy) is 2. The lowest BCUT2D eigenvalue weighted by molar-refractivity contribution is -0.164. The van der Waals surface area contributed by atoms with Crippen molar-refractivity contribution in [2.75, 3.05) is 33.9 Å². The van der Waals surface area contributed by atoms with Crippen LogP contribution in [0.4, 0.5) is 0 Å². The first-order valence-corrected chi connectivity index (χ1v) is 8.45. The lowest BCUT2D eigenvalue weighted by Crippen LogP contribution is -2.58. The molecule has 1 spiro atoms. The van der Waals surface area contributed by atoms with Crippen LogP contribution >= 0.6 is 0 Å². The molecule has 2 heterocycles. The Bertz CT molecular complexity index is 637. The zero-order valence-corrected chi connectivity index (χ0v) is 14.6. The van der Waals surface area contributed by atoms with Gasteiger partial charge in [0.05, 0.1) is 20.1 Å². The van der Waals surface area contributed by atoms with Crippen molar-refractivity contribution >= 4 is 11.9 Å². The number of amides is 1. The molecule has 7 nitrogen and oxygen atoms in total. The van der Waals surface area contributed by atoms with Gasteiger partial charge in [0.25, 0.3) is 0 Å². The lowest BCUT2D eigenvalue weighted by Gasteiger charge is -2.43. The molecule has 1 N–H and O–H groups in total. The van der Waals surface area contributed by atoms with Gasteiger partial charge in [-0.3, -0.25) is 9.69 Å². The van der Waals surface area contributed by atoms with Crippen LogP contribution in [0.2, 0.25) is 0 Å². The Hall–Kier alpha value is -2.12. The van der Waals surface area contributed by atoms with Crippen molar-refractivity contribution in [2.45, 2.75) is 31.0 Å². The van der Waals surface area contributed by atoms with Gasteiger partial charge in [-0.1, -0.05) is 12.1 Å². The van der Waals surface area contributed by atoms with E-state index >= 15 is 0 Å². The number of piperidine rings is 1. The average Bonchev–Trinajstić information content (AvgIpc) is 2.98. The van der Waals surface area contributed by atoms with Gasteiger partial charge in [-0.05, 0) is 24.7 Å². The fourth-order valence-corrected chi connectivity index (χ4v) is 3.60. The van der Waals surface area contributed by atoms with Gasteiger partial charge in [-0.25, -0.2) is 4.79 Å². The van der Waals surface area contributed by atoms with Crippen molar-refractivity contribution in [1.82, 2.24) is 9.80 Å². The van der Waals surface area contributed by atoms with Crippen LogP contribution in [0.3, 0.4) is 0 Å². The molecule has 2 aliphatic rings. The molecule has 0 radical (unpaired) electrons. The number of rotatable bonds is 4. The number of hydrogen-bond acceptors (Lipinski definition) is 5. The summed E-state index contributed by atoms with van der Waals surface area (Å²) in [5.41, 5.74) is 0.0315. The highest BCUT2D eigenvalue weighted by molar-refractivity contribution is 5.86. The quantitative estimate of drug-likeness (QED) is 0.874. The molecule has 7 heteroatoms. The molecule has 1 amide bonds. The van der Waals surface area contributed by atoms with Crippen molar-refractivity contribution in [1.29, 1.82) is 0 Å². The molecule has 2 fully saturated rings. The number of hydrogen-bond donors (Lipinski definition) is 1. The standard InChI is InChI=1S/C18H24N2O5/c1-19-9-7-18(8-10-19)20(15(12-25-18)17(22)23)16(21)11-13-3-5-14(24-2)6-4-13/h3-6,15H,7-12H2,1-2H3,(H,22,23)/t15-/m1/s1. The summed E-state index contributed by atoms with van der Waals surface area (Å²) in [7, 11) is 3.60. The summed E-state index contributed by atoms with van der Waals surface area (Å²) in [6.45, 7) is 1.60. The van der Waals surface area contributed by atoms with E-state index in [-0.39, 0.29) is 18.9 Å². The summed E-state index contributed by atoms with van der Waals surface area (Å²) in [6.07, 6.45) is 1.40. The highest BCUT2D eigenvalue weighted by Crippen LogP contribution is 2.37. The second-order valence-corrected chi connectivity index (χ2v) is 6.70. The topological polar surface area (TPSA) is 79.3 Å². The summed E-state index contributed by atoms with van der Waals surface area (Å²) in [6, 6.07) is 6.32. The Morgan fingerprint density at radius 1 is 1.28 bits per heavy atom. The third-order valence-corrected chi connectivity index (χ3v) is 5.10. The van der Waals surface area contributed by atoms with Crippen LogP contribution in [0.5, 0.6) is 5.75 Å². The largest absolute Gasteiger partial charge is 0.497 e. The molecule has 0 unspecified atom stereocenters. The zero-order chi connectivity index (χ0) is 18.0. The van der Waals surface area contributed by atoms with Crippen LogP contribution < -0.4 is 4.74 Å². The number of benzene rings is 1. The summed E-state index contributed by atoms with van der Waals surface area (Å²) >= 11 is 0. The first-order chi connectivity index (χ1) is 11.9. The van der Waals surface area contributed by atoms with Crippen LogP contribution in [0.15, 0.2) is 24.3 Å². The van der Waals surface area contributed by atoms with Crippen LogP contribution in [-0.4, -0.2) is 72.4 Å². The van der Waals surface area contributed by atoms with Crippen LogP contribution in [0, 0.1) is 0 Å². The predicted octanol–water partition coefficient (Wildman–Crippen LogP) is 0.972. The summed E-state index contributed by atoms with van der Waals surface area (Å²) < 4.78 is 11.0. The molecule has 2 saturated heterocycles. The number of carbonyl (C=O) groups is 2. The molecule has 0 aromatic heterocycles. The van der Waals surface area contributed by atoms with E-state index in [4.69, 9.17) is 9.47 Å². The second kappa shape index (κ2) is 7.01. The van der Waals surface area contributed by atoms with Crippen molar-refractivity contribution in [2.24, 2.45) is 0 Å². The van der Waals surface area contributed by atoms with Gasteiger partial charge in [-0.2, -0.15) is 0 Å². The minimum absolute atomic E-state index is 0.0490. The molecule has 0 aliphatic carbocycles. The SMILES string of the molecule is COc1ccc(CC(=O)N2[C@@H](C(=O)O)COC23CCN(C)CC3)cc1. The average molecular weight is 348 g/mol. The number of aliphatic carboxylic acids is 1. The number of carbonyl (C=O) groups excluding carboxylic acids is 1. The third kappa shape index (κ3) is 3.48. The predicted molar refractivity (Wildman–Crippen MR) is 90.4 cm³/mol. The lowest BCUT2D eigenvalue weighted by atomic mass is 9.97. The molecule has 1 aromatic rings. The first kappa shape index (κ1) is 17.7. The third-order valence-electron chi connectivity index (χ3n) is 5.10. The van der Waals surface area contributed by atoms with Crippen LogP contribution in [0.1, 0.15) is 18.4 Å². The molecule has 3 rings (SSSR count). The molecule has 1 aromatic carbocycles. The maximum absolute atomic E-state index is 13.0. The number of likely N-dealkylation sites (tertiary alicyclic amines) is 1. The van der Waals surface area contributed by atoms with Crippen molar-refractivity contribution in [3.63, 3.8) is 0 Å². The van der Waals surface area contributed by atoms with Gasteiger partial charge in [-0.15, -0.1) is 0 Å². The summed E-state index contributed by atoms with van der Waals surface area (Å²) in [5, 5.41) is 9.53. The number of nitrogens with zero attached hydrogens (tertiary/aromatic N) is 2. The van der Waals surface area contributed by atoms with E-state index in [9.17, 15) is 14.7 Å². The number of carboxylic acids is 1. The van der Waals surface area contributed by atoms with Gasteiger partial charge in [0, 0.05) is 25.9 Å². The Labute approximate surface area is 147 Å². The molecule has 1 atom stereocenters. The Morgan fingerprint density at radius 2 is 1.92 bits per heavy atom. The maximum Gasteiger partial charge on any atom is 0.328 e. The smallest absolute Gasteiger partial charge is 0.328 e. The van der Waals surface area contributed by atoms with Gasteiger partial charge in [0.15, 0.2) is 6.04 Å². The number of methoxy groups -OCH3 is 1. The summed E-state index contributed by atoms with van der Waals surface area (Å²) in [5.74, 6) is -0.505. The van der Waals surface area contributed by atoms with E-state index in [1.165, 1.54) is 4.90 Å². The molecule has 136 valence electrons.